The summed E-state index contributed by atoms with van der Waals surface area (Å²) in [6.45, 7) is 1.45. The van der Waals surface area contributed by atoms with Gasteiger partial charge >= 0.3 is 15.3 Å². The highest BCUT2D eigenvalue weighted by molar-refractivity contribution is 7.51. The minimum Gasteiger partial charge on any atom is -0.324 e. The SMILES string of the molecule is CCP(=O)(O)O.CN(C)P(=O)(O)O. The van der Waals surface area contributed by atoms with E-state index in [-0.39, 0.29) is 6.16 Å². The summed E-state index contributed by atoms with van der Waals surface area (Å²) in [5.74, 6) is 0. The van der Waals surface area contributed by atoms with Gasteiger partial charge in [-0.15, -0.1) is 0 Å². The molecular weight excluding hydrogens is 220 g/mol. The van der Waals surface area contributed by atoms with Crippen LogP contribution in [0.15, 0.2) is 0 Å². The van der Waals surface area contributed by atoms with E-state index in [2.05, 4.69) is 0 Å². The molecule has 0 aromatic carbocycles. The Balaban J connectivity index is 0. The quantitative estimate of drug-likeness (QED) is 0.490. The van der Waals surface area contributed by atoms with Gasteiger partial charge in [0.25, 0.3) is 0 Å². The molecule has 0 fully saturated rings. The maximum atomic E-state index is 9.95. The van der Waals surface area contributed by atoms with Crippen molar-refractivity contribution in [1.29, 1.82) is 0 Å². The Hall–Kier alpha value is 0.260. The van der Waals surface area contributed by atoms with Crippen molar-refractivity contribution in [1.82, 2.24) is 4.67 Å². The van der Waals surface area contributed by atoms with Crippen LogP contribution in [0.2, 0.25) is 0 Å². The van der Waals surface area contributed by atoms with E-state index < -0.39 is 15.3 Å². The minimum absolute atomic E-state index is 0.0625. The first kappa shape index (κ1) is 15.7. The molecule has 0 spiro atoms. The van der Waals surface area contributed by atoms with Crippen molar-refractivity contribution in [3.63, 3.8) is 0 Å². The second-order valence-corrected chi connectivity index (χ2v) is 6.13. The van der Waals surface area contributed by atoms with Crippen LogP contribution >= 0.6 is 15.3 Å². The fourth-order valence-electron chi connectivity index (χ4n) is 0. The molecule has 0 atom stereocenters. The van der Waals surface area contributed by atoms with Gasteiger partial charge in [-0.3, -0.25) is 4.57 Å². The Morgan fingerprint density at radius 3 is 1.23 bits per heavy atom. The third-order valence-electron chi connectivity index (χ3n) is 0.933. The zero-order chi connectivity index (χ0) is 11.3. The summed E-state index contributed by atoms with van der Waals surface area (Å²) < 4.78 is 20.5. The van der Waals surface area contributed by atoms with Gasteiger partial charge in [0.2, 0.25) is 0 Å². The van der Waals surface area contributed by atoms with Crippen LogP contribution in [0.25, 0.3) is 0 Å². The lowest BCUT2D eigenvalue weighted by atomic mass is 11.0. The first-order valence-electron chi connectivity index (χ1n) is 3.28. The van der Waals surface area contributed by atoms with E-state index >= 15 is 0 Å². The number of hydrogen-bond acceptors (Lipinski definition) is 2. The zero-order valence-electron chi connectivity index (χ0n) is 7.65. The molecule has 0 saturated heterocycles. The van der Waals surface area contributed by atoms with E-state index in [0.717, 1.165) is 4.67 Å². The third kappa shape index (κ3) is 15.1. The molecule has 7 nitrogen and oxygen atoms in total. The molecule has 0 saturated carbocycles. The number of nitrogens with zero attached hydrogens (tertiary/aromatic N) is 1. The Morgan fingerprint density at radius 1 is 1.08 bits per heavy atom. The maximum Gasteiger partial charge on any atom is 0.402 e. The van der Waals surface area contributed by atoms with Crippen LogP contribution in [0, 0.1) is 0 Å². The van der Waals surface area contributed by atoms with Gasteiger partial charge in [-0.25, -0.2) is 9.24 Å². The van der Waals surface area contributed by atoms with E-state index in [1.54, 1.807) is 0 Å². The summed E-state index contributed by atoms with van der Waals surface area (Å²) >= 11 is 0. The van der Waals surface area contributed by atoms with Crippen molar-refractivity contribution in [2.45, 2.75) is 6.92 Å². The molecule has 0 unspecified atom stereocenters. The summed E-state index contributed by atoms with van der Waals surface area (Å²) in [5, 5.41) is 0. The molecular formula is C4H15NO6P2. The predicted molar refractivity (Wildman–Crippen MR) is 48.3 cm³/mol. The van der Waals surface area contributed by atoms with Crippen molar-refractivity contribution in [3.05, 3.63) is 0 Å². The molecule has 82 valence electrons. The first-order chi connectivity index (χ1) is 5.50. The van der Waals surface area contributed by atoms with Gasteiger partial charge in [0.05, 0.1) is 0 Å². The monoisotopic (exact) mass is 235 g/mol. The van der Waals surface area contributed by atoms with Crippen LogP contribution in [0.3, 0.4) is 0 Å². The molecule has 0 aliphatic carbocycles. The van der Waals surface area contributed by atoms with Crippen LogP contribution in [0.5, 0.6) is 0 Å². The molecule has 0 radical (unpaired) electrons. The predicted octanol–water partition coefficient (Wildman–Crippen LogP) is -0.175. The molecule has 9 heteroatoms. The van der Waals surface area contributed by atoms with Crippen LogP contribution in [-0.2, 0) is 9.13 Å². The number of rotatable bonds is 2. The molecule has 13 heavy (non-hydrogen) atoms. The largest absolute Gasteiger partial charge is 0.402 e. The van der Waals surface area contributed by atoms with Crippen LogP contribution in [-0.4, -0.2) is 44.5 Å². The molecule has 0 heterocycles. The van der Waals surface area contributed by atoms with E-state index in [1.807, 2.05) is 0 Å². The molecule has 0 rings (SSSR count). The normalized spacial score (nSPS) is 12.3. The fourth-order valence-corrected chi connectivity index (χ4v) is 0. The lowest BCUT2D eigenvalue weighted by Gasteiger charge is -2.09. The molecule has 0 aliphatic heterocycles. The Labute approximate surface area is 76.8 Å². The van der Waals surface area contributed by atoms with E-state index in [4.69, 9.17) is 19.6 Å². The van der Waals surface area contributed by atoms with Gasteiger partial charge in [-0.05, 0) is 14.1 Å². The standard InChI is InChI=1S/C2H8NO3P.C2H7O3P/c1-3(2)7(4,5)6;1-2-6(3,4)5/h1-2H3,(H2,4,5,6);2H2,1H3,(H2,3,4,5). The van der Waals surface area contributed by atoms with E-state index in [1.165, 1.54) is 21.0 Å². The molecule has 0 bridgehead atoms. The van der Waals surface area contributed by atoms with Crippen molar-refractivity contribution < 1.29 is 28.7 Å². The molecule has 4 N–H and O–H groups in total. The van der Waals surface area contributed by atoms with E-state index in [0.29, 0.717) is 0 Å². The molecule has 0 aromatic heterocycles. The highest BCUT2D eigenvalue weighted by Gasteiger charge is 2.14. The van der Waals surface area contributed by atoms with Crippen molar-refractivity contribution in [3.8, 4) is 0 Å². The van der Waals surface area contributed by atoms with Gasteiger partial charge in [0.1, 0.15) is 0 Å². The summed E-state index contributed by atoms with van der Waals surface area (Å²) in [6, 6.07) is 0. The highest BCUT2D eigenvalue weighted by Crippen LogP contribution is 2.35. The fraction of sp³-hybridized carbons (Fsp3) is 1.00. The van der Waals surface area contributed by atoms with Crippen molar-refractivity contribution in [2.75, 3.05) is 20.3 Å². The first-order valence-corrected chi connectivity index (χ1v) is 6.65. The van der Waals surface area contributed by atoms with Crippen molar-refractivity contribution in [2.24, 2.45) is 0 Å². The van der Waals surface area contributed by atoms with E-state index in [9.17, 15) is 9.13 Å². The smallest absolute Gasteiger partial charge is 0.324 e. The molecule has 0 aromatic rings. The van der Waals surface area contributed by atoms with Gasteiger partial charge in [-0.1, -0.05) is 6.92 Å². The lowest BCUT2D eigenvalue weighted by Crippen LogP contribution is -2.05. The Morgan fingerprint density at radius 2 is 1.23 bits per heavy atom. The zero-order valence-corrected chi connectivity index (χ0v) is 9.44. The summed E-state index contributed by atoms with van der Waals surface area (Å²) in [5.41, 5.74) is 0. The van der Waals surface area contributed by atoms with Gasteiger partial charge in [0.15, 0.2) is 0 Å². The van der Waals surface area contributed by atoms with Crippen LogP contribution in [0.1, 0.15) is 6.92 Å². The summed E-state index contributed by atoms with van der Waals surface area (Å²) in [7, 11) is -4.91. The summed E-state index contributed by atoms with van der Waals surface area (Å²) in [4.78, 5) is 32.1. The second-order valence-electron chi connectivity index (χ2n) is 2.34. The highest BCUT2D eigenvalue weighted by atomic mass is 31.2. The summed E-state index contributed by atoms with van der Waals surface area (Å²) in [6.07, 6.45) is -0.0625. The van der Waals surface area contributed by atoms with Crippen molar-refractivity contribution >= 4 is 15.3 Å². The van der Waals surface area contributed by atoms with Gasteiger partial charge < -0.3 is 19.6 Å². The number of hydrogen-bond donors (Lipinski definition) is 4. The minimum atomic E-state index is -3.90. The topological polar surface area (TPSA) is 118 Å². The third-order valence-corrected chi connectivity index (χ3v) is 2.80. The average molecular weight is 235 g/mol. The maximum absolute atomic E-state index is 9.95. The van der Waals surface area contributed by atoms with Crippen LogP contribution < -0.4 is 0 Å². The molecule has 0 aliphatic rings. The van der Waals surface area contributed by atoms with Gasteiger partial charge in [0, 0.05) is 6.16 Å². The average Bonchev–Trinajstić information content (AvgIpc) is 1.85. The van der Waals surface area contributed by atoms with Gasteiger partial charge in [-0.2, -0.15) is 0 Å². The Kier molecular flexibility index (Phi) is 7.11. The Bertz CT molecular complexity index is 217. The lowest BCUT2D eigenvalue weighted by molar-refractivity contribution is 0.311. The van der Waals surface area contributed by atoms with Crippen LogP contribution in [0.4, 0.5) is 0 Å². The second kappa shape index (κ2) is 5.88. The molecule has 0 amide bonds.